The number of aromatic nitrogens is 1. The number of rotatable bonds is 2. The summed E-state index contributed by atoms with van der Waals surface area (Å²) in [7, 11) is 0. The highest BCUT2D eigenvalue weighted by Gasteiger charge is 2.06. The summed E-state index contributed by atoms with van der Waals surface area (Å²) in [5, 5.41) is 0.422. The number of benzene rings is 1. The molecule has 0 amide bonds. The molecule has 2 nitrogen and oxygen atoms in total. The van der Waals surface area contributed by atoms with Crippen LogP contribution < -0.4 is 0 Å². The van der Waals surface area contributed by atoms with Crippen molar-refractivity contribution in [1.29, 1.82) is 0 Å². The average molecular weight is 236 g/mol. The molecular formula is C12H7ClFNO. The van der Waals surface area contributed by atoms with Crippen LogP contribution in [0.5, 0.6) is 0 Å². The van der Waals surface area contributed by atoms with E-state index in [-0.39, 0.29) is 5.82 Å². The smallest absolute Gasteiger partial charge is 0.151 e. The third kappa shape index (κ3) is 2.09. The summed E-state index contributed by atoms with van der Waals surface area (Å²) in [6, 6.07) is 5.68. The van der Waals surface area contributed by atoms with Crippen LogP contribution in [0, 0.1) is 5.82 Å². The molecule has 1 heterocycles. The minimum atomic E-state index is -0.379. The Balaban J connectivity index is 2.57. The van der Waals surface area contributed by atoms with Gasteiger partial charge in [0, 0.05) is 34.1 Å². The van der Waals surface area contributed by atoms with Crippen molar-refractivity contribution in [2.45, 2.75) is 0 Å². The molecule has 2 aromatic rings. The predicted octanol–water partition coefficient (Wildman–Crippen LogP) is 3.35. The molecule has 0 aliphatic rings. The van der Waals surface area contributed by atoms with Crippen LogP contribution in [-0.4, -0.2) is 11.3 Å². The first-order valence-electron chi connectivity index (χ1n) is 4.56. The number of nitrogens with zero attached hydrogens (tertiary/aromatic N) is 1. The minimum Gasteiger partial charge on any atom is -0.298 e. The van der Waals surface area contributed by atoms with E-state index in [4.69, 9.17) is 11.6 Å². The van der Waals surface area contributed by atoms with Crippen LogP contribution in [0.2, 0.25) is 5.02 Å². The maximum absolute atomic E-state index is 13.1. The van der Waals surface area contributed by atoms with Gasteiger partial charge in [0.1, 0.15) is 5.82 Å². The lowest BCUT2D eigenvalue weighted by atomic mass is 10.1. The first kappa shape index (κ1) is 10.8. The molecule has 0 N–H and O–H groups in total. The summed E-state index contributed by atoms with van der Waals surface area (Å²) in [5.74, 6) is -0.379. The van der Waals surface area contributed by atoms with Gasteiger partial charge in [-0.2, -0.15) is 0 Å². The Hall–Kier alpha value is -1.74. The predicted molar refractivity (Wildman–Crippen MR) is 60.0 cm³/mol. The molecule has 0 aliphatic carbocycles. The van der Waals surface area contributed by atoms with Crippen LogP contribution in [0.25, 0.3) is 11.1 Å². The summed E-state index contributed by atoms with van der Waals surface area (Å²) < 4.78 is 13.1. The van der Waals surface area contributed by atoms with Gasteiger partial charge in [-0.3, -0.25) is 9.78 Å². The van der Waals surface area contributed by atoms with Crippen molar-refractivity contribution < 1.29 is 9.18 Å². The highest BCUT2D eigenvalue weighted by molar-refractivity contribution is 6.33. The SMILES string of the molecule is O=Cc1cncc(-c2cc(F)ccc2Cl)c1. The number of halogens is 2. The lowest BCUT2D eigenvalue weighted by Crippen LogP contribution is -1.87. The molecule has 0 unspecified atom stereocenters. The van der Waals surface area contributed by atoms with Crippen molar-refractivity contribution in [1.82, 2.24) is 4.98 Å². The van der Waals surface area contributed by atoms with E-state index in [9.17, 15) is 9.18 Å². The highest BCUT2D eigenvalue weighted by atomic mass is 35.5. The van der Waals surface area contributed by atoms with Crippen LogP contribution in [0.3, 0.4) is 0 Å². The summed E-state index contributed by atoms with van der Waals surface area (Å²) in [6.07, 6.45) is 3.65. The molecule has 0 bridgehead atoms. The van der Waals surface area contributed by atoms with Gasteiger partial charge >= 0.3 is 0 Å². The van der Waals surface area contributed by atoms with Crippen molar-refractivity contribution >= 4 is 17.9 Å². The molecule has 0 saturated heterocycles. The van der Waals surface area contributed by atoms with Gasteiger partial charge in [0.05, 0.1) is 0 Å². The van der Waals surface area contributed by atoms with E-state index in [1.807, 2.05) is 0 Å². The Kier molecular flexibility index (Phi) is 2.97. The van der Waals surface area contributed by atoms with E-state index in [0.717, 1.165) is 0 Å². The Morgan fingerprint density at radius 1 is 1.25 bits per heavy atom. The zero-order valence-electron chi connectivity index (χ0n) is 8.15. The lowest BCUT2D eigenvalue weighted by Gasteiger charge is -2.04. The Labute approximate surface area is 96.7 Å². The van der Waals surface area contributed by atoms with E-state index in [1.165, 1.54) is 30.6 Å². The van der Waals surface area contributed by atoms with Gasteiger partial charge in [-0.1, -0.05) is 11.6 Å². The van der Waals surface area contributed by atoms with Crippen LogP contribution >= 0.6 is 11.6 Å². The zero-order valence-corrected chi connectivity index (χ0v) is 8.91. The Morgan fingerprint density at radius 2 is 2.06 bits per heavy atom. The quantitative estimate of drug-likeness (QED) is 0.747. The fourth-order valence-electron chi connectivity index (χ4n) is 1.39. The monoisotopic (exact) mass is 235 g/mol. The van der Waals surface area contributed by atoms with E-state index in [1.54, 1.807) is 6.07 Å². The molecular weight excluding hydrogens is 229 g/mol. The van der Waals surface area contributed by atoms with E-state index < -0.39 is 0 Å². The van der Waals surface area contributed by atoms with Gasteiger partial charge in [0.25, 0.3) is 0 Å². The molecule has 4 heteroatoms. The molecule has 0 saturated carbocycles. The molecule has 1 aromatic heterocycles. The fraction of sp³-hybridized carbons (Fsp3) is 0. The summed E-state index contributed by atoms with van der Waals surface area (Å²) in [4.78, 5) is 14.5. The molecule has 0 fully saturated rings. The standard InChI is InChI=1S/C12H7ClFNO/c13-12-2-1-10(14)4-11(12)9-3-8(7-16)5-15-6-9/h1-7H. The molecule has 0 atom stereocenters. The summed E-state index contributed by atoms with van der Waals surface area (Å²) in [6.45, 7) is 0. The molecule has 1 aromatic carbocycles. The number of hydrogen-bond donors (Lipinski definition) is 0. The topological polar surface area (TPSA) is 30.0 Å². The van der Waals surface area contributed by atoms with Gasteiger partial charge in [-0.05, 0) is 24.3 Å². The van der Waals surface area contributed by atoms with E-state index >= 15 is 0 Å². The van der Waals surface area contributed by atoms with Crippen LogP contribution in [-0.2, 0) is 0 Å². The van der Waals surface area contributed by atoms with Crippen LogP contribution in [0.1, 0.15) is 10.4 Å². The van der Waals surface area contributed by atoms with Crippen molar-refractivity contribution in [2.75, 3.05) is 0 Å². The van der Waals surface area contributed by atoms with E-state index in [0.29, 0.717) is 28.0 Å². The first-order valence-corrected chi connectivity index (χ1v) is 4.94. The van der Waals surface area contributed by atoms with Gasteiger partial charge in [-0.25, -0.2) is 4.39 Å². The fourth-order valence-corrected chi connectivity index (χ4v) is 1.61. The molecule has 0 spiro atoms. The van der Waals surface area contributed by atoms with E-state index in [2.05, 4.69) is 4.98 Å². The van der Waals surface area contributed by atoms with Gasteiger partial charge in [-0.15, -0.1) is 0 Å². The number of pyridine rings is 1. The third-order valence-corrected chi connectivity index (χ3v) is 2.46. The van der Waals surface area contributed by atoms with Crippen LogP contribution in [0.4, 0.5) is 4.39 Å². The van der Waals surface area contributed by atoms with Crippen molar-refractivity contribution in [3.8, 4) is 11.1 Å². The Morgan fingerprint density at radius 3 is 2.81 bits per heavy atom. The molecule has 0 radical (unpaired) electrons. The summed E-state index contributed by atoms with van der Waals surface area (Å²) in [5.41, 5.74) is 1.57. The second-order valence-electron chi connectivity index (χ2n) is 3.25. The summed E-state index contributed by atoms with van der Waals surface area (Å²) >= 11 is 5.94. The second-order valence-corrected chi connectivity index (χ2v) is 3.66. The highest BCUT2D eigenvalue weighted by Crippen LogP contribution is 2.28. The first-order chi connectivity index (χ1) is 7.70. The number of hydrogen-bond acceptors (Lipinski definition) is 2. The maximum atomic E-state index is 13.1. The minimum absolute atomic E-state index is 0.379. The van der Waals surface area contributed by atoms with Crippen molar-refractivity contribution in [3.63, 3.8) is 0 Å². The Bertz CT molecular complexity index is 542. The van der Waals surface area contributed by atoms with Crippen molar-refractivity contribution in [2.24, 2.45) is 0 Å². The second kappa shape index (κ2) is 4.41. The normalized spacial score (nSPS) is 10.1. The molecule has 0 aliphatic heterocycles. The maximum Gasteiger partial charge on any atom is 0.151 e. The largest absolute Gasteiger partial charge is 0.298 e. The van der Waals surface area contributed by atoms with Crippen LogP contribution in [0.15, 0.2) is 36.7 Å². The van der Waals surface area contributed by atoms with Crippen molar-refractivity contribution in [3.05, 3.63) is 53.1 Å². The molecule has 16 heavy (non-hydrogen) atoms. The van der Waals surface area contributed by atoms with Gasteiger partial charge < -0.3 is 0 Å². The third-order valence-electron chi connectivity index (χ3n) is 2.13. The average Bonchev–Trinajstić information content (AvgIpc) is 2.32. The number of carbonyl (C=O) groups is 1. The lowest BCUT2D eigenvalue weighted by molar-refractivity contribution is 0.112. The molecule has 80 valence electrons. The number of carbonyl (C=O) groups excluding carboxylic acids is 1. The van der Waals surface area contributed by atoms with Gasteiger partial charge in [0.15, 0.2) is 6.29 Å². The zero-order chi connectivity index (χ0) is 11.5. The molecule has 2 rings (SSSR count). The van der Waals surface area contributed by atoms with Gasteiger partial charge in [0.2, 0.25) is 0 Å². The number of aldehydes is 1.